The SMILES string of the molecule is CCNC(=O)c1c(C)[nH]c(/C=C2\C(=O)Nc3ccc(CC[N+](C)(C)Cc4c([N+](=O)[O-])ncn4C)cc32)c1C. The minimum absolute atomic E-state index is 0.110. The van der Waals surface area contributed by atoms with Crippen LogP contribution in [0.4, 0.5) is 11.5 Å². The summed E-state index contributed by atoms with van der Waals surface area (Å²) < 4.78 is 2.23. The summed E-state index contributed by atoms with van der Waals surface area (Å²) in [6.07, 6.45) is 3.99. The van der Waals surface area contributed by atoms with Crippen LogP contribution in [-0.2, 0) is 24.8 Å². The monoisotopic (exact) mass is 520 g/mol. The maximum atomic E-state index is 12.9. The molecule has 0 radical (unpaired) electrons. The number of rotatable bonds is 9. The quantitative estimate of drug-likeness (QED) is 0.172. The number of aromatic amines is 1. The Labute approximate surface area is 221 Å². The summed E-state index contributed by atoms with van der Waals surface area (Å²) in [5.41, 5.74) is 6.59. The van der Waals surface area contributed by atoms with Crippen molar-refractivity contribution in [2.45, 2.75) is 33.7 Å². The average Bonchev–Trinajstić information content (AvgIpc) is 3.45. The van der Waals surface area contributed by atoms with Crippen LogP contribution in [0, 0.1) is 24.0 Å². The maximum Gasteiger partial charge on any atom is 0.390 e. The van der Waals surface area contributed by atoms with Crippen LogP contribution in [0.2, 0.25) is 0 Å². The first kappa shape index (κ1) is 26.8. The van der Waals surface area contributed by atoms with Gasteiger partial charge in [0.2, 0.25) is 6.33 Å². The van der Waals surface area contributed by atoms with Crippen molar-refractivity contribution in [3.8, 4) is 0 Å². The summed E-state index contributed by atoms with van der Waals surface area (Å²) in [4.78, 5) is 43.5. The van der Waals surface area contributed by atoms with E-state index in [1.54, 1.807) is 17.7 Å². The lowest BCUT2D eigenvalue weighted by Gasteiger charge is -2.29. The molecular formula is C27H34N7O4+. The summed E-state index contributed by atoms with van der Waals surface area (Å²) >= 11 is 0. The Balaban J connectivity index is 1.56. The number of nitro groups is 1. The number of imidazole rings is 1. The summed E-state index contributed by atoms with van der Waals surface area (Å²) in [5.74, 6) is -0.442. The van der Waals surface area contributed by atoms with E-state index in [0.717, 1.165) is 46.7 Å². The molecule has 3 aromatic rings. The first-order valence-electron chi connectivity index (χ1n) is 12.5. The van der Waals surface area contributed by atoms with Crippen molar-refractivity contribution in [1.29, 1.82) is 0 Å². The van der Waals surface area contributed by atoms with Gasteiger partial charge in [-0.1, -0.05) is 6.07 Å². The van der Waals surface area contributed by atoms with Crippen molar-refractivity contribution >= 4 is 35.0 Å². The summed E-state index contributed by atoms with van der Waals surface area (Å²) in [6.45, 7) is 7.32. The number of aryl methyl sites for hydroxylation is 2. The zero-order valence-corrected chi connectivity index (χ0v) is 22.6. The molecule has 11 heteroatoms. The van der Waals surface area contributed by atoms with Crippen LogP contribution in [0.1, 0.15) is 51.1 Å². The number of amides is 2. The number of benzene rings is 1. The highest BCUT2D eigenvalue weighted by molar-refractivity contribution is 6.35. The fraction of sp³-hybridized carbons (Fsp3) is 0.370. The number of anilines is 1. The Morgan fingerprint density at radius 3 is 2.71 bits per heavy atom. The first-order valence-corrected chi connectivity index (χ1v) is 12.5. The minimum Gasteiger partial charge on any atom is -0.358 e. The number of hydrogen-bond acceptors (Lipinski definition) is 5. The van der Waals surface area contributed by atoms with Crippen LogP contribution in [0.15, 0.2) is 24.5 Å². The number of nitrogens with zero attached hydrogens (tertiary/aromatic N) is 4. The molecule has 0 bridgehead atoms. The van der Waals surface area contributed by atoms with E-state index in [-0.39, 0.29) is 17.6 Å². The van der Waals surface area contributed by atoms with E-state index in [2.05, 4.69) is 20.6 Å². The van der Waals surface area contributed by atoms with Gasteiger partial charge in [-0.25, -0.2) is 0 Å². The van der Waals surface area contributed by atoms with Crippen LogP contribution >= 0.6 is 0 Å². The maximum absolute atomic E-state index is 12.9. The van der Waals surface area contributed by atoms with Gasteiger partial charge in [-0.3, -0.25) is 9.59 Å². The molecule has 38 heavy (non-hydrogen) atoms. The average molecular weight is 521 g/mol. The molecule has 0 atom stereocenters. The standard InChI is InChI=1S/C27H33N7O4/c1-7-28-27(36)24-16(2)22(30-17(24)3)13-20-19-12-18(8-9-21(19)31-26(20)35)10-11-34(5,6)14-23-25(33(37)38)29-15-32(23)4/h8-9,12-13,15H,7,10-11,14H2,1-6H3,(H2-,28,30,31,35,36)/p+1. The van der Waals surface area contributed by atoms with Crippen molar-refractivity contribution in [3.05, 3.63) is 74.0 Å². The lowest BCUT2D eigenvalue weighted by atomic mass is 10.0. The molecule has 0 saturated carbocycles. The van der Waals surface area contributed by atoms with Gasteiger partial charge >= 0.3 is 5.82 Å². The lowest BCUT2D eigenvalue weighted by Crippen LogP contribution is -2.41. The van der Waals surface area contributed by atoms with Gasteiger partial charge in [0.25, 0.3) is 11.8 Å². The lowest BCUT2D eigenvalue weighted by molar-refractivity contribution is -0.903. The second-order valence-corrected chi connectivity index (χ2v) is 10.4. The molecule has 11 nitrogen and oxygen atoms in total. The Morgan fingerprint density at radius 1 is 1.29 bits per heavy atom. The van der Waals surface area contributed by atoms with Crippen LogP contribution < -0.4 is 10.6 Å². The molecular weight excluding hydrogens is 486 g/mol. The molecule has 0 unspecified atom stereocenters. The van der Waals surface area contributed by atoms with Gasteiger partial charge in [-0.15, -0.1) is 0 Å². The van der Waals surface area contributed by atoms with E-state index < -0.39 is 4.92 Å². The molecule has 0 spiro atoms. The highest BCUT2D eigenvalue weighted by atomic mass is 16.6. The third-order valence-corrected chi connectivity index (χ3v) is 6.99. The van der Waals surface area contributed by atoms with Crippen molar-refractivity contribution in [1.82, 2.24) is 19.9 Å². The van der Waals surface area contributed by atoms with Gasteiger partial charge in [-0.2, -0.15) is 0 Å². The molecule has 1 aromatic carbocycles. The van der Waals surface area contributed by atoms with E-state index in [1.807, 2.05) is 53.1 Å². The Kier molecular flexibility index (Phi) is 7.23. The molecule has 4 rings (SSSR count). The molecule has 1 aliphatic heterocycles. The second-order valence-electron chi connectivity index (χ2n) is 10.4. The highest BCUT2D eigenvalue weighted by Crippen LogP contribution is 2.35. The topological polar surface area (TPSA) is 135 Å². The van der Waals surface area contributed by atoms with E-state index in [1.165, 1.54) is 6.33 Å². The van der Waals surface area contributed by atoms with Crippen molar-refractivity contribution in [3.63, 3.8) is 0 Å². The third kappa shape index (κ3) is 5.23. The highest BCUT2D eigenvalue weighted by Gasteiger charge is 2.29. The molecule has 3 N–H and O–H groups in total. The van der Waals surface area contributed by atoms with E-state index in [4.69, 9.17) is 0 Å². The van der Waals surface area contributed by atoms with Gasteiger partial charge in [-0.05, 0) is 60.0 Å². The van der Waals surface area contributed by atoms with Gasteiger partial charge < -0.3 is 34.8 Å². The molecule has 0 saturated heterocycles. The minimum atomic E-state index is -0.444. The number of hydrogen-bond donors (Lipinski definition) is 3. The zero-order chi connectivity index (χ0) is 27.8. The smallest absolute Gasteiger partial charge is 0.358 e. The molecule has 0 fully saturated rings. The molecule has 2 amide bonds. The first-order chi connectivity index (χ1) is 17.9. The number of likely N-dealkylation sites (N-methyl/N-ethyl adjacent to an activating group) is 1. The summed E-state index contributed by atoms with van der Waals surface area (Å²) in [7, 11) is 5.83. The normalized spacial score (nSPS) is 14.1. The number of quaternary nitrogens is 1. The van der Waals surface area contributed by atoms with Crippen molar-refractivity contribution < 1.29 is 19.0 Å². The molecule has 200 valence electrons. The van der Waals surface area contributed by atoms with Gasteiger partial charge in [0.15, 0.2) is 5.69 Å². The van der Waals surface area contributed by atoms with Crippen LogP contribution in [0.5, 0.6) is 0 Å². The van der Waals surface area contributed by atoms with E-state index in [0.29, 0.717) is 34.4 Å². The largest absolute Gasteiger partial charge is 0.390 e. The number of carbonyl (C=O) groups is 2. The molecule has 2 aromatic heterocycles. The predicted molar refractivity (Wildman–Crippen MR) is 145 cm³/mol. The van der Waals surface area contributed by atoms with Gasteiger partial charge in [0, 0.05) is 42.7 Å². The number of aromatic nitrogens is 3. The fourth-order valence-corrected chi connectivity index (χ4v) is 4.88. The van der Waals surface area contributed by atoms with Gasteiger partial charge in [0.1, 0.15) is 6.54 Å². The molecule has 3 heterocycles. The number of H-pyrrole nitrogens is 1. The number of nitrogens with one attached hydrogen (secondary N) is 3. The molecule has 0 aliphatic carbocycles. The van der Waals surface area contributed by atoms with E-state index >= 15 is 0 Å². The predicted octanol–water partition coefficient (Wildman–Crippen LogP) is 3.33. The van der Waals surface area contributed by atoms with Crippen molar-refractivity contribution in [2.24, 2.45) is 7.05 Å². The summed E-state index contributed by atoms with van der Waals surface area (Å²) in [5, 5.41) is 17.1. The van der Waals surface area contributed by atoms with E-state index in [9.17, 15) is 19.7 Å². The number of carbonyl (C=O) groups excluding carboxylic acids is 2. The number of fused-ring (bicyclic) bond motifs is 1. The van der Waals surface area contributed by atoms with Crippen LogP contribution in [0.3, 0.4) is 0 Å². The van der Waals surface area contributed by atoms with Gasteiger partial charge in [0.05, 0.1) is 31.8 Å². The van der Waals surface area contributed by atoms with Crippen molar-refractivity contribution in [2.75, 3.05) is 32.5 Å². The van der Waals surface area contributed by atoms with Crippen LogP contribution in [0.25, 0.3) is 11.6 Å². The Bertz CT molecular complexity index is 1460. The molecule has 1 aliphatic rings. The summed E-state index contributed by atoms with van der Waals surface area (Å²) in [6, 6.07) is 5.91. The third-order valence-electron chi connectivity index (χ3n) is 6.99. The zero-order valence-electron chi connectivity index (χ0n) is 22.6. The Hall–Kier alpha value is -4.25. The van der Waals surface area contributed by atoms with Crippen LogP contribution in [-0.4, -0.2) is 62.9 Å². The fourth-order valence-electron chi connectivity index (χ4n) is 4.88. The second kappa shape index (κ2) is 10.3. The Morgan fingerprint density at radius 2 is 2.03 bits per heavy atom.